The molecule has 1 aliphatic rings. The third kappa shape index (κ3) is 6.03. The Labute approximate surface area is 130 Å². The SMILES string of the molecule is CC(C)(C)CC1(C(=O)SC(C)(C)C)/C=C/CCCCC1. The van der Waals surface area contributed by atoms with Crippen LogP contribution >= 0.6 is 11.8 Å². The molecule has 0 aromatic heterocycles. The van der Waals surface area contributed by atoms with Gasteiger partial charge < -0.3 is 0 Å². The number of thioether (sulfide) groups is 1. The van der Waals surface area contributed by atoms with Gasteiger partial charge in [-0.2, -0.15) is 0 Å². The minimum absolute atomic E-state index is 0.00181. The van der Waals surface area contributed by atoms with Crippen LogP contribution in [0.5, 0.6) is 0 Å². The zero-order chi connectivity index (χ0) is 15.4. The van der Waals surface area contributed by atoms with Gasteiger partial charge in [-0.3, -0.25) is 4.79 Å². The van der Waals surface area contributed by atoms with Gasteiger partial charge in [-0.15, -0.1) is 0 Å². The normalized spacial score (nSPS) is 26.7. The van der Waals surface area contributed by atoms with E-state index >= 15 is 0 Å². The Bertz CT molecular complexity index is 357. The van der Waals surface area contributed by atoms with Crippen LogP contribution in [0, 0.1) is 10.8 Å². The van der Waals surface area contributed by atoms with E-state index in [1.807, 2.05) is 0 Å². The van der Waals surface area contributed by atoms with Crippen LogP contribution in [-0.2, 0) is 4.79 Å². The van der Waals surface area contributed by atoms with E-state index in [-0.39, 0.29) is 15.6 Å². The molecule has 0 heterocycles. The topological polar surface area (TPSA) is 17.1 Å². The van der Waals surface area contributed by atoms with Crippen molar-refractivity contribution in [2.24, 2.45) is 10.8 Å². The average molecular weight is 297 g/mol. The molecule has 0 N–H and O–H groups in total. The minimum Gasteiger partial charge on any atom is -0.286 e. The van der Waals surface area contributed by atoms with Crippen molar-refractivity contribution in [2.45, 2.75) is 84.8 Å². The summed E-state index contributed by atoms with van der Waals surface area (Å²) in [7, 11) is 0. The number of hydrogen-bond acceptors (Lipinski definition) is 2. The second-order valence-electron chi connectivity index (χ2n) is 8.40. The lowest BCUT2D eigenvalue weighted by atomic mass is 9.70. The maximum absolute atomic E-state index is 13.0. The molecule has 0 radical (unpaired) electrons. The monoisotopic (exact) mass is 296 g/mol. The van der Waals surface area contributed by atoms with Crippen molar-refractivity contribution in [1.29, 1.82) is 0 Å². The molecular weight excluding hydrogens is 264 g/mol. The van der Waals surface area contributed by atoms with Crippen LogP contribution in [-0.4, -0.2) is 9.86 Å². The van der Waals surface area contributed by atoms with Gasteiger partial charge in [0.05, 0.1) is 5.41 Å². The summed E-state index contributed by atoms with van der Waals surface area (Å²) >= 11 is 1.53. The molecule has 0 fully saturated rings. The number of carbonyl (C=O) groups is 1. The van der Waals surface area contributed by atoms with Gasteiger partial charge in [0.2, 0.25) is 0 Å². The first-order valence-corrected chi connectivity index (χ1v) is 8.77. The molecule has 1 atom stereocenters. The van der Waals surface area contributed by atoms with Crippen molar-refractivity contribution in [3.05, 3.63) is 12.2 Å². The maximum atomic E-state index is 13.0. The average Bonchev–Trinajstić information content (AvgIpc) is 2.17. The first-order valence-electron chi connectivity index (χ1n) is 7.95. The van der Waals surface area contributed by atoms with E-state index < -0.39 is 0 Å². The van der Waals surface area contributed by atoms with Crippen molar-refractivity contribution in [3.63, 3.8) is 0 Å². The van der Waals surface area contributed by atoms with Gasteiger partial charge in [-0.25, -0.2) is 0 Å². The van der Waals surface area contributed by atoms with Crippen LogP contribution in [0.2, 0.25) is 0 Å². The molecule has 116 valence electrons. The van der Waals surface area contributed by atoms with Gasteiger partial charge in [0.1, 0.15) is 0 Å². The molecule has 0 saturated carbocycles. The Morgan fingerprint density at radius 3 is 2.30 bits per heavy atom. The standard InChI is InChI=1S/C18H32OS/c1-16(2,3)14-18(15(19)20-17(4,5)6)12-10-8-7-9-11-13-18/h10,12H,7-9,11,13-14H2,1-6H3/b12-10+. The molecule has 0 aromatic carbocycles. The Morgan fingerprint density at radius 1 is 1.10 bits per heavy atom. The smallest absolute Gasteiger partial charge is 0.199 e. The van der Waals surface area contributed by atoms with Crippen molar-refractivity contribution in [2.75, 3.05) is 0 Å². The fourth-order valence-corrected chi connectivity index (χ4v) is 3.99. The lowest BCUT2D eigenvalue weighted by molar-refractivity contribution is -0.119. The van der Waals surface area contributed by atoms with E-state index in [1.165, 1.54) is 31.0 Å². The van der Waals surface area contributed by atoms with Gasteiger partial charge in [-0.05, 0) is 31.1 Å². The van der Waals surface area contributed by atoms with E-state index in [4.69, 9.17) is 0 Å². The molecule has 0 saturated heterocycles. The zero-order valence-electron chi connectivity index (χ0n) is 14.2. The molecule has 0 spiro atoms. The number of rotatable bonds is 2. The first kappa shape index (κ1) is 17.8. The van der Waals surface area contributed by atoms with Gasteiger partial charge in [0.25, 0.3) is 0 Å². The molecule has 0 aromatic rings. The van der Waals surface area contributed by atoms with Crippen LogP contribution in [0.15, 0.2) is 12.2 Å². The van der Waals surface area contributed by atoms with Crippen molar-refractivity contribution in [3.8, 4) is 0 Å². The van der Waals surface area contributed by atoms with Crippen molar-refractivity contribution < 1.29 is 4.79 Å². The summed E-state index contributed by atoms with van der Waals surface area (Å²) in [5.74, 6) is 0. The fourth-order valence-electron chi connectivity index (χ4n) is 2.99. The molecule has 1 nitrogen and oxygen atoms in total. The molecule has 1 rings (SSSR count). The second kappa shape index (κ2) is 6.68. The number of carbonyl (C=O) groups excluding carboxylic acids is 1. The number of allylic oxidation sites excluding steroid dienone is 2. The van der Waals surface area contributed by atoms with Gasteiger partial charge in [0.15, 0.2) is 5.12 Å². The highest BCUT2D eigenvalue weighted by Gasteiger charge is 2.40. The van der Waals surface area contributed by atoms with Gasteiger partial charge >= 0.3 is 0 Å². The Hall–Kier alpha value is -0.240. The molecule has 0 aliphatic heterocycles. The van der Waals surface area contributed by atoms with E-state index in [2.05, 4.69) is 53.7 Å². The zero-order valence-corrected chi connectivity index (χ0v) is 15.0. The van der Waals surface area contributed by atoms with Crippen LogP contribution in [0.4, 0.5) is 0 Å². The second-order valence-corrected chi connectivity index (χ2v) is 10.2. The quantitative estimate of drug-likeness (QED) is 0.582. The minimum atomic E-state index is -0.253. The number of hydrogen-bond donors (Lipinski definition) is 0. The van der Waals surface area contributed by atoms with Crippen molar-refractivity contribution >= 4 is 16.9 Å². The molecule has 1 unspecified atom stereocenters. The van der Waals surface area contributed by atoms with E-state index in [9.17, 15) is 4.79 Å². The van der Waals surface area contributed by atoms with E-state index in [0.717, 1.165) is 19.3 Å². The highest BCUT2D eigenvalue weighted by molar-refractivity contribution is 8.14. The largest absolute Gasteiger partial charge is 0.286 e. The van der Waals surface area contributed by atoms with Crippen LogP contribution < -0.4 is 0 Å². The third-order valence-electron chi connectivity index (χ3n) is 3.58. The van der Waals surface area contributed by atoms with Crippen LogP contribution in [0.25, 0.3) is 0 Å². The lowest BCUT2D eigenvalue weighted by Crippen LogP contribution is -2.34. The van der Waals surface area contributed by atoms with Gasteiger partial charge in [-0.1, -0.05) is 78.3 Å². The molecule has 1 aliphatic carbocycles. The predicted molar refractivity (Wildman–Crippen MR) is 91.1 cm³/mol. The molecule has 0 amide bonds. The Balaban J connectivity index is 3.04. The summed E-state index contributed by atoms with van der Waals surface area (Å²) in [4.78, 5) is 13.0. The van der Waals surface area contributed by atoms with Crippen LogP contribution in [0.3, 0.4) is 0 Å². The Morgan fingerprint density at radius 2 is 1.75 bits per heavy atom. The fraction of sp³-hybridized carbons (Fsp3) is 0.833. The summed E-state index contributed by atoms with van der Waals surface area (Å²) in [6.45, 7) is 13.1. The first-order chi connectivity index (χ1) is 9.04. The predicted octanol–water partition coefficient (Wildman–Crippen LogP) is 5.99. The highest BCUT2D eigenvalue weighted by atomic mass is 32.2. The summed E-state index contributed by atoms with van der Waals surface area (Å²) in [6, 6.07) is 0. The maximum Gasteiger partial charge on any atom is 0.199 e. The Kier molecular flexibility index (Phi) is 5.95. The molecule has 20 heavy (non-hydrogen) atoms. The lowest BCUT2D eigenvalue weighted by Gasteiger charge is -2.37. The van der Waals surface area contributed by atoms with Gasteiger partial charge in [0, 0.05) is 4.75 Å². The van der Waals surface area contributed by atoms with E-state index in [0.29, 0.717) is 5.12 Å². The summed E-state index contributed by atoms with van der Waals surface area (Å²) < 4.78 is -0.00181. The summed E-state index contributed by atoms with van der Waals surface area (Å²) in [6.07, 6.45) is 11.3. The molecular formula is C18H32OS. The molecule has 2 heteroatoms. The van der Waals surface area contributed by atoms with Crippen LogP contribution in [0.1, 0.15) is 80.1 Å². The summed E-state index contributed by atoms with van der Waals surface area (Å²) in [5, 5.41) is 0.373. The third-order valence-corrected chi connectivity index (χ3v) is 4.79. The summed E-state index contributed by atoms with van der Waals surface area (Å²) in [5.41, 5.74) is -0.0751. The highest BCUT2D eigenvalue weighted by Crippen LogP contribution is 2.45. The van der Waals surface area contributed by atoms with Crippen molar-refractivity contribution in [1.82, 2.24) is 0 Å². The molecule has 0 bridgehead atoms. The van der Waals surface area contributed by atoms with E-state index in [1.54, 1.807) is 0 Å².